The predicted molar refractivity (Wildman–Crippen MR) is 77.2 cm³/mol. The van der Waals surface area contributed by atoms with Gasteiger partial charge in [0.15, 0.2) is 0 Å². The summed E-state index contributed by atoms with van der Waals surface area (Å²) in [5.74, 6) is 0.451. The summed E-state index contributed by atoms with van der Waals surface area (Å²) in [5, 5.41) is 8.47. The molecule has 0 aliphatic carbocycles. The molecule has 0 aliphatic rings. The minimum absolute atomic E-state index is 0.150. The molecule has 106 valence electrons. The van der Waals surface area contributed by atoms with E-state index in [1.807, 2.05) is 12.1 Å². The van der Waals surface area contributed by atoms with Gasteiger partial charge in [-0.1, -0.05) is 26.0 Å². The van der Waals surface area contributed by atoms with Crippen LogP contribution in [0.15, 0.2) is 18.2 Å². The van der Waals surface area contributed by atoms with Crippen molar-refractivity contribution in [3.8, 4) is 5.75 Å². The Hall–Kier alpha value is -1.22. The zero-order valence-electron chi connectivity index (χ0n) is 11.6. The van der Waals surface area contributed by atoms with Crippen molar-refractivity contribution >= 4 is 17.6 Å². The Kier molecular flexibility index (Phi) is 6.16. The van der Waals surface area contributed by atoms with E-state index in [-0.39, 0.29) is 11.8 Å². The molecule has 0 spiro atoms. The van der Waals surface area contributed by atoms with Crippen molar-refractivity contribution in [1.29, 1.82) is 0 Å². The van der Waals surface area contributed by atoms with Gasteiger partial charge in [-0.15, -0.1) is 11.6 Å². The third-order valence-corrected chi connectivity index (χ3v) is 3.56. The minimum Gasteiger partial charge on any atom is -0.496 e. The van der Waals surface area contributed by atoms with Crippen LogP contribution in [0.25, 0.3) is 0 Å². The molecule has 1 aromatic carbocycles. The largest absolute Gasteiger partial charge is 0.496 e. The summed E-state index contributed by atoms with van der Waals surface area (Å²) in [4.78, 5) is 10.5. The second-order valence-corrected chi connectivity index (χ2v) is 5.44. The van der Waals surface area contributed by atoms with E-state index in [2.05, 4.69) is 19.9 Å². The highest BCUT2D eigenvalue weighted by Gasteiger charge is 2.13. The van der Waals surface area contributed by atoms with Crippen LogP contribution in [0.5, 0.6) is 5.75 Å². The molecule has 0 bridgehead atoms. The van der Waals surface area contributed by atoms with Crippen molar-refractivity contribution in [1.82, 2.24) is 0 Å². The van der Waals surface area contributed by atoms with Crippen LogP contribution in [0.1, 0.15) is 55.5 Å². The van der Waals surface area contributed by atoms with Crippen LogP contribution < -0.4 is 4.74 Å². The van der Waals surface area contributed by atoms with E-state index in [1.165, 1.54) is 0 Å². The van der Waals surface area contributed by atoms with Gasteiger partial charge in [0.05, 0.1) is 12.5 Å². The highest BCUT2D eigenvalue weighted by molar-refractivity contribution is 6.20. The van der Waals surface area contributed by atoms with Crippen molar-refractivity contribution in [3.63, 3.8) is 0 Å². The van der Waals surface area contributed by atoms with E-state index in [0.29, 0.717) is 18.8 Å². The molecule has 1 unspecified atom stereocenters. The Morgan fingerprint density at radius 3 is 2.63 bits per heavy atom. The number of alkyl halides is 1. The summed E-state index contributed by atoms with van der Waals surface area (Å²) in [7, 11) is 1.66. The Morgan fingerprint density at radius 2 is 2.11 bits per heavy atom. The number of aliphatic carboxylic acids is 1. The van der Waals surface area contributed by atoms with Crippen LogP contribution in [0.3, 0.4) is 0 Å². The van der Waals surface area contributed by atoms with E-state index >= 15 is 0 Å². The van der Waals surface area contributed by atoms with Crippen LogP contribution in [0, 0.1) is 0 Å². The lowest BCUT2D eigenvalue weighted by Crippen LogP contribution is -2.00. The molecular formula is C15H21ClO3. The third-order valence-electron chi connectivity index (χ3n) is 3.09. The molecule has 3 nitrogen and oxygen atoms in total. The second-order valence-electron chi connectivity index (χ2n) is 4.91. The van der Waals surface area contributed by atoms with Gasteiger partial charge in [0.1, 0.15) is 5.75 Å². The molecule has 0 heterocycles. The van der Waals surface area contributed by atoms with Crippen molar-refractivity contribution in [3.05, 3.63) is 29.3 Å². The average Bonchev–Trinajstić information content (AvgIpc) is 2.37. The van der Waals surface area contributed by atoms with E-state index in [1.54, 1.807) is 7.11 Å². The number of methoxy groups -OCH3 is 1. The van der Waals surface area contributed by atoms with Gasteiger partial charge >= 0.3 is 5.97 Å². The first-order valence-electron chi connectivity index (χ1n) is 6.49. The van der Waals surface area contributed by atoms with Crippen molar-refractivity contribution in [2.24, 2.45) is 0 Å². The summed E-state index contributed by atoms with van der Waals surface area (Å²) in [5.41, 5.74) is 2.15. The smallest absolute Gasteiger partial charge is 0.303 e. The Morgan fingerprint density at radius 1 is 1.42 bits per heavy atom. The minimum atomic E-state index is -0.776. The number of rotatable bonds is 7. The molecule has 4 heteroatoms. The first-order chi connectivity index (χ1) is 8.95. The first-order valence-corrected chi connectivity index (χ1v) is 6.93. The maximum absolute atomic E-state index is 10.5. The topological polar surface area (TPSA) is 46.5 Å². The second kappa shape index (κ2) is 7.39. The lowest BCUT2D eigenvalue weighted by molar-refractivity contribution is -0.137. The molecule has 0 aromatic heterocycles. The number of hydrogen-bond acceptors (Lipinski definition) is 2. The summed E-state index contributed by atoms with van der Waals surface area (Å²) in [6.07, 6.45) is 1.42. The van der Waals surface area contributed by atoms with Gasteiger partial charge in [0.2, 0.25) is 0 Å². The zero-order chi connectivity index (χ0) is 14.4. The Labute approximate surface area is 119 Å². The van der Waals surface area contributed by atoms with E-state index in [0.717, 1.165) is 16.9 Å². The monoisotopic (exact) mass is 284 g/mol. The van der Waals surface area contributed by atoms with Gasteiger partial charge in [-0.2, -0.15) is 0 Å². The summed E-state index contributed by atoms with van der Waals surface area (Å²) >= 11 is 6.33. The van der Waals surface area contributed by atoms with Gasteiger partial charge in [-0.05, 0) is 36.0 Å². The molecule has 1 aromatic rings. The van der Waals surface area contributed by atoms with Crippen LogP contribution in [0.4, 0.5) is 0 Å². The lowest BCUT2D eigenvalue weighted by Gasteiger charge is -2.16. The predicted octanol–water partition coefficient (Wildman–Crippen LogP) is 4.35. The standard InChI is InChI=1S/C15H21ClO3/c1-10(2)12-9-11(7-8-14(12)19-3)13(16)5-4-6-15(17)18/h7-10,13H,4-6H2,1-3H3,(H,17,18). The summed E-state index contributed by atoms with van der Waals surface area (Å²) in [6, 6.07) is 5.93. The number of ether oxygens (including phenoxy) is 1. The molecule has 1 atom stereocenters. The van der Waals surface area contributed by atoms with Crippen molar-refractivity contribution in [2.45, 2.75) is 44.4 Å². The third kappa shape index (κ3) is 4.75. The van der Waals surface area contributed by atoms with E-state index in [9.17, 15) is 4.79 Å². The quantitative estimate of drug-likeness (QED) is 0.757. The first kappa shape index (κ1) is 15.8. The number of hydrogen-bond donors (Lipinski definition) is 1. The molecular weight excluding hydrogens is 264 g/mol. The average molecular weight is 285 g/mol. The highest BCUT2D eigenvalue weighted by atomic mass is 35.5. The number of carboxylic acid groups (broad SMARTS) is 1. The highest BCUT2D eigenvalue weighted by Crippen LogP contribution is 2.33. The number of benzene rings is 1. The zero-order valence-corrected chi connectivity index (χ0v) is 12.4. The van der Waals surface area contributed by atoms with Crippen LogP contribution in [0.2, 0.25) is 0 Å². The molecule has 0 amide bonds. The maximum atomic E-state index is 10.5. The fourth-order valence-electron chi connectivity index (χ4n) is 2.00. The van der Waals surface area contributed by atoms with Gasteiger partial charge in [0, 0.05) is 6.42 Å². The normalized spacial score (nSPS) is 12.5. The lowest BCUT2D eigenvalue weighted by atomic mass is 9.97. The van der Waals surface area contributed by atoms with Crippen molar-refractivity contribution in [2.75, 3.05) is 7.11 Å². The summed E-state index contributed by atoms with van der Waals surface area (Å²) in [6.45, 7) is 4.21. The molecule has 0 saturated heterocycles. The SMILES string of the molecule is COc1ccc(C(Cl)CCCC(=O)O)cc1C(C)C. The van der Waals surface area contributed by atoms with Gasteiger partial charge < -0.3 is 9.84 Å². The number of carbonyl (C=O) groups is 1. The van der Waals surface area contributed by atoms with Gasteiger partial charge in [-0.25, -0.2) is 0 Å². The number of carboxylic acids is 1. The molecule has 0 aliphatic heterocycles. The molecule has 0 saturated carbocycles. The Bertz CT molecular complexity index is 429. The Balaban J connectivity index is 2.77. The molecule has 0 fully saturated rings. The molecule has 1 N–H and O–H groups in total. The van der Waals surface area contributed by atoms with Gasteiger partial charge in [-0.3, -0.25) is 4.79 Å². The fraction of sp³-hybridized carbons (Fsp3) is 0.533. The van der Waals surface area contributed by atoms with Crippen molar-refractivity contribution < 1.29 is 14.6 Å². The molecule has 1 rings (SSSR count). The van der Waals surface area contributed by atoms with E-state index < -0.39 is 5.97 Å². The summed E-state index contributed by atoms with van der Waals surface area (Å²) < 4.78 is 5.33. The van der Waals surface area contributed by atoms with E-state index in [4.69, 9.17) is 21.4 Å². The molecule has 0 radical (unpaired) electrons. The van der Waals surface area contributed by atoms with Crippen LogP contribution >= 0.6 is 11.6 Å². The number of halogens is 1. The molecule has 19 heavy (non-hydrogen) atoms. The van der Waals surface area contributed by atoms with Gasteiger partial charge in [0.25, 0.3) is 0 Å². The fourth-order valence-corrected chi connectivity index (χ4v) is 2.29. The maximum Gasteiger partial charge on any atom is 0.303 e. The van der Waals surface area contributed by atoms with Crippen LogP contribution in [-0.4, -0.2) is 18.2 Å². The van der Waals surface area contributed by atoms with Crippen LogP contribution in [-0.2, 0) is 4.79 Å².